The molecule has 2 aromatic carbocycles. The average Bonchev–Trinajstić information content (AvgIpc) is 3.27. The molecular formula is C26H32FN5O2. The van der Waals surface area contributed by atoms with E-state index < -0.39 is 0 Å². The Morgan fingerprint density at radius 3 is 2.91 bits per heavy atom. The van der Waals surface area contributed by atoms with E-state index in [1.807, 2.05) is 12.1 Å². The molecule has 34 heavy (non-hydrogen) atoms. The minimum Gasteiger partial charge on any atom is -0.493 e. The van der Waals surface area contributed by atoms with E-state index in [0.29, 0.717) is 35.5 Å². The van der Waals surface area contributed by atoms with E-state index in [1.165, 1.54) is 31.8 Å². The first-order chi connectivity index (χ1) is 16.6. The zero-order valence-corrected chi connectivity index (χ0v) is 19.8. The average molecular weight is 466 g/mol. The number of benzene rings is 2. The summed E-state index contributed by atoms with van der Waals surface area (Å²) < 4.78 is 25.4. The fraction of sp³-hybridized carbons (Fsp3) is 0.462. The van der Waals surface area contributed by atoms with E-state index in [9.17, 15) is 4.39 Å². The van der Waals surface area contributed by atoms with E-state index >= 15 is 0 Å². The van der Waals surface area contributed by atoms with Crippen LogP contribution in [0.5, 0.6) is 11.5 Å². The van der Waals surface area contributed by atoms with Gasteiger partial charge in [0.1, 0.15) is 18.0 Å². The number of ether oxygens (including phenoxy) is 2. The number of fused-ring (bicyclic) bond motifs is 2. The normalized spacial score (nSPS) is 20.3. The van der Waals surface area contributed by atoms with Gasteiger partial charge in [-0.3, -0.25) is 0 Å². The monoisotopic (exact) mass is 465 g/mol. The standard InChI is InChI=1S/C26H32FN5O2/c1-17-11-19(6-7-21(17)27)31-26-20-12-25(24(33-2)13-22(20)29-16-30-26)34-10-4-9-32-14-18-5-3-8-28-23(18)15-32/h6-7,11-13,16,18,23,28H,3-5,8-10,14-15H2,1-2H3,(H,29,30,31). The predicted molar refractivity (Wildman–Crippen MR) is 132 cm³/mol. The molecule has 2 saturated heterocycles. The van der Waals surface area contributed by atoms with Gasteiger partial charge in [0.2, 0.25) is 0 Å². The molecule has 0 saturated carbocycles. The number of hydrogen-bond acceptors (Lipinski definition) is 7. The number of aryl methyl sites for hydroxylation is 1. The molecule has 7 nitrogen and oxygen atoms in total. The Hall–Kier alpha value is -2.97. The second-order valence-corrected chi connectivity index (χ2v) is 9.26. The molecule has 2 unspecified atom stereocenters. The molecule has 0 radical (unpaired) electrons. The molecule has 0 bridgehead atoms. The fourth-order valence-corrected chi connectivity index (χ4v) is 5.08. The van der Waals surface area contributed by atoms with Gasteiger partial charge in [-0.15, -0.1) is 0 Å². The van der Waals surface area contributed by atoms with Crippen molar-refractivity contribution in [3.05, 3.63) is 48.0 Å². The van der Waals surface area contributed by atoms with Crippen LogP contribution in [0.3, 0.4) is 0 Å². The van der Waals surface area contributed by atoms with Crippen molar-refractivity contribution in [1.82, 2.24) is 20.2 Å². The van der Waals surface area contributed by atoms with E-state index in [4.69, 9.17) is 9.47 Å². The number of aromatic nitrogens is 2. The third-order valence-electron chi connectivity index (χ3n) is 6.89. The molecule has 2 N–H and O–H groups in total. The molecule has 1 aromatic heterocycles. The second kappa shape index (κ2) is 10.1. The van der Waals surface area contributed by atoms with Crippen LogP contribution in [0.4, 0.5) is 15.9 Å². The van der Waals surface area contributed by atoms with Gasteiger partial charge >= 0.3 is 0 Å². The Morgan fingerprint density at radius 2 is 2.09 bits per heavy atom. The van der Waals surface area contributed by atoms with E-state index in [0.717, 1.165) is 48.6 Å². The minimum atomic E-state index is -0.234. The molecule has 2 atom stereocenters. The predicted octanol–water partition coefficient (Wildman–Crippen LogP) is 4.28. The van der Waals surface area contributed by atoms with Gasteiger partial charge in [-0.1, -0.05) is 0 Å². The molecule has 8 heteroatoms. The van der Waals surface area contributed by atoms with Gasteiger partial charge in [0, 0.05) is 42.8 Å². The summed E-state index contributed by atoms with van der Waals surface area (Å²) in [6, 6.07) is 9.34. The highest BCUT2D eigenvalue weighted by molar-refractivity contribution is 5.93. The molecule has 3 aromatic rings. The summed E-state index contributed by atoms with van der Waals surface area (Å²) in [4.78, 5) is 11.4. The van der Waals surface area contributed by atoms with Crippen molar-refractivity contribution in [1.29, 1.82) is 0 Å². The van der Waals surface area contributed by atoms with Crippen molar-refractivity contribution in [3.63, 3.8) is 0 Å². The zero-order valence-electron chi connectivity index (χ0n) is 19.8. The molecular weight excluding hydrogens is 433 g/mol. The van der Waals surface area contributed by atoms with E-state index in [1.54, 1.807) is 26.2 Å². The quantitative estimate of drug-likeness (QED) is 0.481. The summed E-state index contributed by atoms with van der Waals surface area (Å²) >= 11 is 0. The van der Waals surface area contributed by atoms with Crippen LogP contribution in [0.25, 0.3) is 10.9 Å². The van der Waals surface area contributed by atoms with Crippen molar-refractivity contribution in [3.8, 4) is 11.5 Å². The van der Waals surface area contributed by atoms with Crippen LogP contribution in [-0.4, -0.2) is 60.8 Å². The van der Waals surface area contributed by atoms with Crippen molar-refractivity contribution in [2.24, 2.45) is 5.92 Å². The molecule has 0 aliphatic carbocycles. The summed E-state index contributed by atoms with van der Waals surface area (Å²) in [7, 11) is 1.63. The molecule has 2 fully saturated rings. The van der Waals surface area contributed by atoms with Gasteiger partial charge in [0.15, 0.2) is 11.5 Å². The Balaban J connectivity index is 1.27. The minimum absolute atomic E-state index is 0.234. The summed E-state index contributed by atoms with van der Waals surface area (Å²) in [6.07, 6.45) is 5.09. The van der Waals surface area contributed by atoms with Gasteiger partial charge in [0.05, 0.1) is 19.2 Å². The smallest absolute Gasteiger partial charge is 0.162 e. The van der Waals surface area contributed by atoms with Crippen LogP contribution >= 0.6 is 0 Å². The largest absolute Gasteiger partial charge is 0.493 e. The first kappa shape index (κ1) is 22.8. The van der Waals surface area contributed by atoms with Crippen molar-refractivity contribution < 1.29 is 13.9 Å². The summed E-state index contributed by atoms with van der Waals surface area (Å²) in [5, 5.41) is 7.76. The van der Waals surface area contributed by atoms with Crippen LogP contribution in [-0.2, 0) is 0 Å². The lowest BCUT2D eigenvalue weighted by atomic mass is 9.94. The van der Waals surface area contributed by atoms with Gasteiger partial charge in [0.25, 0.3) is 0 Å². The molecule has 3 heterocycles. The van der Waals surface area contributed by atoms with Crippen LogP contribution < -0.4 is 20.1 Å². The first-order valence-electron chi connectivity index (χ1n) is 12.0. The molecule has 180 valence electrons. The Labute approximate surface area is 199 Å². The van der Waals surface area contributed by atoms with Crippen LogP contribution in [0.2, 0.25) is 0 Å². The lowest BCUT2D eigenvalue weighted by Crippen LogP contribution is -2.40. The van der Waals surface area contributed by atoms with Gasteiger partial charge in [-0.05, 0) is 68.5 Å². The number of nitrogens with one attached hydrogen (secondary N) is 2. The fourth-order valence-electron chi connectivity index (χ4n) is 5.08. The number of halogens is 1. The Morgan fingerprint density at radius 1 is 1.18 bits per heavy atom. The molecule has 0 amide bonds. The highest BCUT2D eigenvalue weighted by Crippen LogP contribution is 2.35. The number of nitrogens with zero attached hydrogens (tertiary/aromatic N) is 3. The highest BCUT2D eigenvalue weighted by Gasteiger charge is 2.33. The second-order valence-electron chi connectivity index (χ2n) is 9.26. The van der Waals surface area contributed by atoms with Crippen LogP contribution in [0.15, 0.2) is 36.7 Å². The number of methoxy groups -OCH3 is 1. The van der Waals surface area contributed by atoms with Crippen LogP contribution in [0, 0.1) is 18.7 Å². The number of hydrogen-bond donors (Lipinski definition) is 2. The topological polar surface area (TPSA) is 71.5 Å². The van der Waals surface area contributed by atoms with Gasteiger partial charge in [-0.25, -0.2) is 14.4 Å². The van der Waals surface area contributed by atoms with Crippen molar-refractivity contribution in [2.75, 3.05) is 45.2 Å². The maximum absolute atomic E-state index is 13.7. The van der Waals surface area contributed by atoms with Gasteiger partial charge in [-0.2, -0.15) is 0 Å². The number of anilines is 2. The summed E-state index contributed by atoms with van der Waals surface area (Å²) in [5.41, 5.74) is 2.08. The maximum atomic E-state index is 13.7. The molecule has 2 aliphatic heterocycles. The lowest BCUT2D eigenvalue weighted by Gasteiger charge is -2.24. The highest BCUT2D eigenvalue weighted by atomic mass is 19.1. The van der Waals surface area contributed by atoms with Crippen molar-refractivity contribution in [2.45, 2.75) is 32.2 Å². The number of likely N-dealkylation sites (tertiary alicyclic amines) is 1. The van der Waals surface area contributed by atoms with E-state index in [2.05, 4.69) is 25.5 Å². The number of piperidine rings is 1. The lowest BCUT2D eigenvalue weighted by molar-refractivity contribution is 0.250. The zero-order chi connectivity index (χ0) is 23.5. The number of rotatable bonds is 8. The molecule has 2 aliphatic rings. The third kappa shape index (κ3) is 4.93. The summed E-state index contributed by atoms with van der Waals surface area (Å²) in [5.74, 6) is 2.51. The van der Waals surface area contributed by atoms with Gasteiger partial charge < -0.3 is 25.0 Å². The Kier molecular flexibility index (Phi) is 6.78. The maximum Gasteiger partial charge on any atom is 0.162 e. The molecule has 0 spiro atoms. The first-order valence-corrected chi connectivity index (χ1v) is 12.0. The Bertz CT molecular complexity index is 1140. The van der Waals surface area contributed by atoms with Crippen molar-refractivity contribution >= 4 is 22.4 Å². The third-order valence-corrected chi connectivity index (χ3v) is 6.89. The SMILES string of the molecule is COc1cc2ncnc(Nc3ccc(F)c(C)c3)c2cc1OCCCN1CC2CCCNC2C1. The molecule has 5 rings (SSSR count). The summed E-state index contributed by atoms with van der Waals surface area (Å²) in [6.45, 7) is 6.85. The van der Waals surface area contributed by atoms with Crippen LogP contribution in [0.1, 0.15) is 24.8 Å². The van der Waals surface area contributed by atoms with E-state index in [-0.39, 0.29) is 5.82 Å².